The zero-order chi connectivity index (χ0) is 20.8. The topological polar surface area (TPSA) is 0 Å². The molecule has 30 heavy (non-hydrogen) atoms. The molecule has 0 heteroatoms. The number of fused-ring (bicyclic) bond motifs is 5. The molecule has 0 nitrogen and oxygen atoms in total. The number of hydrogen-bond acceptors (Lipinski definition) is 0. The number of benzene rings is 1. The van der Waals surface area contributed by atoms with Gasteiger partial charge < -0.3 is 0 Å². The van der Waals surface area contributed by atoms with Gasteiger partial charge in [-0.05, 0) is 110 Å². The molecule has 5 rings (SSSR count). The molecular weight excluding hydrogens is 360 g/mol. The highest BCUT2D eigenvalue weighted by Gasteiger charge is 2.59. The monoisotopic (exact) mass is 404 g/mol. The summed E-state index contributed by atoms with van der Waals surface area (Å²) < 4.78 is 0. The number of allylic oxidation sites excluding steroid dienone is 1. The van der Waals surface area contributed by atoms with Crippen LogP contribution in [-0.4, -0.2) is 0 Å². The van der Waals surface area contributed by atoms with Gasteiger partial charge in [0.25, 0.3) is 0 Å². The Bertz CT molecular complexity index is 747. The first kappa shape index (κ1) is 20.8. The van der Waals surface area contributed by atoms with E-state index >= 15 is 0 Å². The highest BCUT2D eigenvalue weighted by atomic mass is 14.6. The Kier molecular flexibility index (Phi) is 5.66. The van der Waals surface area contributed by atoms with E-state index < -0.39 is 0 Å². The summed E-state index contributed by atoms with van der Waals surface area (Å²) in [5, 5.41) is 0. The van der Waals surface area contributed by atoms with Gasteiger partial charge in [0, 0.05) is 0 Å². The predicted octanol–water partition coefficient (Wildman–Crippen LogP) is 8.78. The van der Waals surface area contributed by atoms with E-state index in [0.717, 1.165) is 35.5 Å². The van der Waals surface area contributed by atoms with Crippen molar-refractivity contribution in [3.8, 4) is 0 Å². The highest BCUT2D eigenvalue weighted by molar-refractivity contribution is 5.48. The summed E-state index contributed by atoms with van der Waals surface area (Å²) in [6, 6.07) is 10.8. The van der Waals surface area contributed by atoms with Gasteiger partial charge in [0.2, 0.25) is 0 Å². The van der Waals surface area contributed by atoms with Crippen LogP contribution < -0.4 is 0 Å². The van der Waals surface area contributed by atoms with Gasteiger partial charge >= 0.3 is 0 Å². The van der Waals surface area contributed by atoms with Gasteiger partial charge in [0.05, 0.1) is 0 Å². The fourth-order valence-electron chi connectivity index (χ4n) is 9.42. The molecule has 164 valence electrons. The van der Waals surface area contributed by atoms with Crippen LogP contribution in [0.25, 0.3) is 6.08 Å². The van der Waals surface area contributed by atoms with Crippen LogP contribution in [0, 0.1) is 46.3 Å². The lowest BCUT2D eigenvalue weighted by Gasteiger charge is -2.61. The smallest absolute Gasteiger partial charge is 0.0260 e. The van der Waals surface area contributed by atoms with E-state index in [2.05, 4.69) is 63.3 Å². The molecule has 0 bridgehead atoms. The van der Waals surface area contributed by atoms with E-state index in [0.29, 0.717) is 10.8 Å². The molecule has 0 amide bonds. The molecule has 1 aromatic rings. The molecule has 0 spiro atoms. The van der Waals surface area contributed by atoms with Gasteiger partial charge in [-0.3, -0.25) is 0 Å². The summed E-state index contributed by atoms with van der Waals surface area (Å²) in [6.07, 6.45) is 21.3. The van der Waals surface area contributed by atoms with Gasteiger partial charge in [-0.2, -0.15) is 0 Å². The van der Waals surface area contributed by atoms with Crippen molar-refractivity contribution < 1.29 is 0 Å². The molecule has 1 aromatic carbocycles. The summed E-state index contributed by atoms with van der Waals surface area (Å²) in [5.41, 5.74) is 2.64. The predicted molar refractivity (Wildman–Crippen MR) is 129 cm³/mol. The third-order valence-corrected chi connectivity index (χ3v) is 11.0. The average molecular weight is 405 g/mol. The third-order valence-electron chi connectivity index (χ3n) is 11.0. The van der Waals surface area contributed by atoms with Gasteiger partial charge in [0.15, 0.2) is 0 Å². The van der Waals surface area contributed by atoms with Crippen LogP contribution in [0.5, 0.6) is 0 Å². The highest BCUT2D eigenvalue weighted by Crippen LogP contribution is 2.68. The van der Waals surface area contributed by atoms with E-state index in [9.17, 15) is 0 Å². The largest absolute Gasteiger partial charge is 0.0837 e. The summed E-state index contributed by atoms with van der Waals surface area (Å²) in [4.78, 5) is 0. The van der Waals surface area contributed by atoms with Crippen molar-refractivity contribution in [2.24, 2.45) is 46.3 Å². The minimum atomic E-state index is 0.610. The number of rotatable bonds is 4. The van der Waals surface area contributed by atoms with Crippen molar-refractivity contribution in [1.82, 2.24) is 0 Å². The van der Waals surface area contributed by atoms with Crippen LogP contribution in [-0.2, 0) is 0 Å². The maximum atomic E-state index is 2.72. The molecule has 0 aliphatic heterocycles. The fraction of sp³-hybridized carbons (Fsp3) is 0.733. The van der Waals surface area contributed by atoms with E-state index in [1.165, 1.54) is 63.4 Å². The van der Waals surface area contributed by atoms with Gasteiger partial charge in [-0.25, -0.2) is 0 Å². The molecule has 0 saturated heterocycles. The second kappa shape index (κ2) is 8.14. The molecule has 0 heterocycles. The average Bonchev–Trinajstić information content (AvgIpc) is 3.11. The van der Waals surface area contributed by atoms with E-state index in [4.69, 9.17) is 0 Å². The Labute approximate surface area is 185 Å². The summed E-state index contributed by atoms with van der Waals surface area (Å²) in [7, 11) is 0. The molecule has 4 fully saturated rings. The maximum absolute atomic E-state index is 2.72. The molecule has 4 aliphatic rings. The fourth-order valence-corrected chi connectivity index (χ4v) is 9.42. The Balaban J connectivity index is 1.28. The minimum Gasteiger partial charge on any atom is -0.0837 e. The molecule has 4 saturated carbocycles. The molecule has 0 N–H and O–H groups in total. The maximum Gasteiger partial charge on any atom is -0.0260 e. The zero-order valence-electron chi connectivity index (χ0n) is 19.8. The van der Waals surface area contributed by atoms with Gasteiger partial charge in [0.1, 0.15) is 0 Å². The van der Waals surface area contributed by atoms with Crippen molar-refractivity contribution in [1.29, 1.82) is 0 Å². The Morgan fingerprint density at radius 2 is 1.67 bits per heavy atom. The van der Waals surface area contributed by atoms with Crippen molar-refractivity contribution >= 4 is 6.08 Å². The van der Waals surface area contributed by atoms with Crippen molar-refractivity contribution in [3.63, 3.8) is 0 Å². The Morgan fingerprint density at radius 3 is 2.50 bits per heavy atom. The Morgan fingerprint density at radius 1 is 0.867 bits per heavy atom. The van der Waals surface area contributed by atoms with Crippen LogP contribution in [0.2, 0.25) is 0 Å². The standard InChI is InChI=1S/C30H44/c1-22(10-9-13-23-11-5-4-6-12-23)26-17-18-27-25-16-15-24-14-7-8-20-29(24,2)28(25)19-21-30(26,27)3/h4-6,9,11-13,22,24-28H,7-8,10,14-21H2,1-3H3/t22-,24?,25+,26-,27+,28+,29+,30-/m1/s1. The van der Waals surface area contributed by atoms with Crippen LogP contribution >= 0.6 is 0 Å². The molecular formula is C30H44. The van der Waals surface area contributed by atoms with Gasteiger partial charge in [-0.1, -0.05) is 76.1 Å². The lowest BCUT2D eigenvalue weighted by Crippen LogP contribution is -2.53. The lowest BCUT2D eigenvalue weighted by molar-refractivity contribution is -0.114. The molecule has 0 aromatic heterocycles. The molecule has 8 atom stereocenters. The van der Waals surface area contributed by atoms with Crippen molar-refractivity contribution in [2.45, 2.75) is 91.4 Å². The third kappa shape index (κ3) is 3.41. The molecule has 4 aliphatic carbocycles. The van der Waals surface area contributed by atoms with E-state index in [-0.39, 0.29) is 0 Å². The first-order valence-corrected chi connectivity index (χ1v) is 13.2. The van der Waals surface area contributed by atoms with Crippen molar-refractivity contribution in [3.05, 3.63) is 42.0 Å². The summed E-state index contributed by atoms with van der Waals surface area (Å²) >= 11 is 0. The quantitative estimate of drug-likeness (QED) is 0.470. The summed E-state index contributed by atoms with van der Waals surface area (Å²) in [5.74, 6) is 5.90. The van der Waals surface area contributed by atoms with E-state index in [1.54, 1.807) is 12.8 Å². The first-order valence-electron chi connectivity index (χ1n) is 13.2. The van der Waals surface area contributed by atoms with Crippen LogP contribution in [0.15, 0.2) is 36.4 Å². The van der Waals surface area contributed by atoms with E-state index in [1.807, 2.05) is 0 Å². The number of hydrogen-bond donors (Lipinski definition) is 0. The lowest BCUT2D eigenvalue weighted by atomic mass is 9.44. The second-order valence-electron chi connectivity index (χ2n) is 12.2. The molecule has 0 radical (unpaired) electrons. The second-order valence-corrected chi connectivity index (χ2v) is 12.2. The summed E-state index contributed by atoms with van der Waals surface area (Å²) in [6.45, 7) is 8.00. The zero-order valence-corrected chi connectivity index (χ0v) is 19.8. The Hall–Kier alpha value is -1.04. The van der Waals surface area contributed by atoms with Crippen LogP contribution in [0.4, 0.5) is 0 Å². The van der Waals surface area contributed by atoms with Crippen molar-refractivity contribution in [2.75, 3.05) is 0 Å². The first-order chi connectivity index (χ1) is 14.5. The molecule has 1 unspecified atom stereocenters. The SMILES string of the molecule is C[C@H](CC=Cc1ccccc1)[C@H]1CC[C@H]2[C@@H]3CCC4CCCC[C@]4(C)[C@H]3CC[C@]12C. The van der Waals surface area contributed by atoms with Crippen LogP contribution in [0.3, 0.4) is 0 Å². The minimum absolute atomic E-state index is 0.610. The van der Waals surface area contributed by atoms with Gasteiger partial charge in [-0.15, -0.1) is 0 Å². The van der Waals surface area contributed by atoms with Crippen LogP contribution in [0.1, 0.15) is 97.0 Å². The normalized spacial score (nSPS) is 44.3.